The van der Waals surface area contributed by atoms with E-state index in [4.69, 9.17) is 4.74 Å². The quantitative estimate of drug-likeness (QED) is 0.416. The molecule has 5 atom stereocenters. The lowest BCUT2D eigenvalue weighted by atomic mass is 9.77. The lowest BCUT2D eigenvalue weighted by molar-refractivity contribution is -0.134. The number of alkyl halides is 2. The number of halogens is 2. The molecule has 0 amide bonds. The number of aliphatic hydroxyl groups is 1. The number of ether oxygens (including phenoxy) is 1. The van der Waals surface area contributed by atoms with E-state index in [2.05, 4.69) is 77.8 Å². The molecule has 4 heteroatoms. The van der Waals surface area contributed by atoms with Crippen molar-refractivity contribution in [1.82, 2.24) is 0 Å². The van der Waals surface area contributed by atoms with Crippen LogP contribution >= 0.6 is 31.9 Å². The van der Waals surface area contributed by atoms with Crippen molar-refractivity contribution in [3.8, 4) is 0 Å². The highest BCUT2D eigenvalue weighted by Crippen LogP contribution is 2.41. The molecule has 138 valence electrons. The lowest BCUT2D eigenvalue weighted by Gasteiger charge is -2.45. The summed E-state index contributed by atoms with van der Waals surface area (Å²) in [5.41, 5.74) is 0.476. The fraction of sp³-hybridized carbons (Fsp3) is 0.800. The number of allylic oxidation sites excluding steroid dienone is 3. The molecule has 1 heterocycles. The van der Waals surface area contributed by atoms with Gasteiger partial charge in [-0.15, -0.1) is 0 Å². The smallest absolute Gasteiger partial charge is 0.0845 e. The van der Waals surface area contributed by atoms with Crippen LogP contribution in [-0.2, 0) is 4.74 Å². The first kappa shape index (κ1) is 20.7. The second kappa shape index (κ2) is 7.54. The van der Waals surface area contributed by atoms with Gasteiger partial charge < -0.3 is 9.84 Å². The molecule has 0 aromatic rings. The predicted octanol–water partition coefficient (Wildman–Crippen LogP) is 5.91. The van der Waals surface area contributed by atoms with Gasteiger partial charge in [-0.05, 0) is 72.6 Å². The summed E-state index contributed by atoms with van der Waals surface area (Å²) < 4.78 is 6.34. The summed E-state index contributed by atoms with van der Waals surface area (Å²) in [6.45, 7) is 10.6. The molecule has 0 bridgehead atoms. The van der Waals surface area contributed by atoms with Gasteiger partial charge in [0.2, 0.25) is 0 Å². The Hall–Kier alpha value is 0.360. The molecule has 0 radical (unpaired) electrons. The van der Waals surface area contributed by atoms with Crippen molar-refractivity contribution in [3.05, 3.63) is 23.8 Å². The van der Waals surface area contributed by atoms with Crippen LogP contribution in [0.2, 0.25) is 0 Å². The molecule has 0 spiro atoms. The Kier molecular flexibility index (Phi) is 6.49. The SMILES string of the molecule is C/C(=C\C=C[C@]1(C)CC[C@@H](Br)C(C)(C)O1)[C@H]1CC[C@@](C)(O)[C@@H](Br)C1. The zero-order chi connectivity index (χ0) is 18.2. The maximum atomic E-state index is 10.3. The minimum absolute atomic E-state index is 0.145. The van der Waals surface area contributed by atoms with Crippen molar-refractivity contribution >= 4 is 31.9 Å². The van der Waals surface area contributed by atoms with E-state index < -0.39 is 5.60 Å². The molecular formula is C20H32Br2O2. The maximum absolute atomic E-state index is 10.3. The summed E-state index contributed by atoms with van der Waals surface area (Å²) in [5, 5.41) is 10.3. The summed E-state index contributed by atoms with van der Waals surface area (Å²) in [7, 11) is 0. The maximum Gasteiger partial charge on any atom is 0.0845 e. The fourth-order valence-corrected chi connectivity index (χ4v) is 4.79. The second-order valence-corrected chi connectivity index (χ2v) is 10.8. The van der Waals surface area contributed by atoms with Crippen LogP contribution in [-0.4, -0.2) is 31.6 Å². The topological polar surface area (TPSA) is 29.5 Å². The van der Waals surface area contributed by atoms with E-state index in [1.54, 1.807) is 0 Å². The first-order valence-corrected chi connectivity index (χ1v) is 10.8. The highest BCUT2D eigenvalue weighted by Gasteiger charge is 2.41. The molecule has 0 unspecified atom stereocenters. The van der Waals surface area contributed by atoms with E-state index in [1.165, 1.54) is 5.57 Å². The van der Waals surface area contributed by atoms with E-state index in [0.29, 0.717) is 10.7 Å². The Balaban J connectivity index is 1.98. The van der Waals surface area contributed by atoms with Gasteiger partial charge in [-0.25, -0.2) is 0 Å². The molecule has 1 saturated carbocycles. The molecule has 2 aliphatic rings. The largest absolute Gasteiger partial charge is 0.389 e. The highest BCUT2D eigenvalue weighted by atomic mass is 79.9. The number of hydrogen-bond donors (Lipinski definition) is 1. The zero-order valence-electron chi connectivity index (χ0n) is 15.6. The average Bonchev–Trinajstić information content (AvgIpc) is 2.46. The second-order valence-electron chi connectivity index (χ2n) is 8.59. The molecule has 2 fully saturated rings. The highest BCUT2D eigenvalue weighted by molar-refractivity contribution is 9.09. The van der Waals surface area contributed by atoms with Gasteiger partial charge in [-0.3, -0.25) is 0 Å². The van der Waals surface area contributed by atoms with Crippen LogP contribution in [0.15, 0.2) is 23.8 Å². The van der Waals surface area contributed by atoms with Crippen molar-refractivity contribution < 1.29 is 9.84 Å². The molecule has 24 heavy (non-hydrogen) atoms. The third-order valence-corrected chi connectivity index (χ3v) is 8.68. The molecular weight excluding hydrogens is 432 g/mol. The van der Waals surface area contributed by atoms with Crippen LogP contribution < -0.4 is 0 Å². The Morgan fingerprint density at radius 1 is 1.08 bits per heavy atom. The Morgan fingerprint density at radius 2 is 1.75 bits per heavy atom. The summed E-state index contributed by atoms with van der Waals surface area (Å²) in [6, 6.07) is 0. The van der Waals surface area contributed by atoms with Crippen LogP contribution in [0.4, 0.5) is 0 Å². The van der Waals surface area contributed by atoms with Gasteiger partial charge >= 0.3 is 0 Å². The Labute approximate surface area is 164 Å². The third-order valence-electron chi connectivity index (χ3n) is 5.76. The minimum atomic E-state index is -0.576. The summed E-state index contributed by atoms with van der Waals surface area (Å²) in [5.74, 6) is 0.544. The fourth-order valence-electron chi connectivity index (χ4n) is 3.79. The van der Waals surface area contributed by atoms with Gasteiger partial charge in [0.15, 0.2) is 0 Å². The van der Waals surface area contributed by atoms with E-state index in [-0.39, 0.29) is 16.0 Å². The van der Waals surface area contributed by atoms with E-state index >= 15 is 0 Å². The third kappa shape index (κ3) is 4.96. The van der Waals surface area contributed by atoms with Gasteiger partial charge in [-0.2, -0.15) is 0 Å². The van der Waals surface area contributed by atoms with Crippen molar-refractivity contribution in [2.24, 2.45) is 5.92 Å². The van der Waals surface area contributed by atoms with Crippen molar-refractivity contribution in [3.63, 3.8) is 0 Å². The predicted molar refractivity (Wildman–Crippen MR) is 109 cm³/mol. The monoisotopic (exact) mass is 462 g/mol. The van der Waals surface area contributed by atoms with E-state index in [9.17, 15) is 5.11 Å². The van der Waals surface area contributed by atoms with E-state index in [1.807, 2.05) is 6.92 Å². The van der Waals surface area contributed by atoms with Gasteiger partial charge in [0, 0.05) is 9.65 Å². The first-order chi connectivity index (χ1) is 11.0. The van der Waals surface area contributed by atoms with Crippen molar-refractivity contribution in [1.29, 1.82) is 0 Å². The van der Waals surface area contributed by atoms with Crippen LogP contribution in [0.3, 0.4) is 0 Å². The number of rotatable bonds is 3. The number of hydrogen-bond acceptors (Lipinski definition) is 2. The Bertz CT molecular complexity index is 510. The van der Waals surface area contributed by atoms with Crippen molar-refractivity contribution in [2.75, 3.05) is 0 Å². The molecule has 1 aliphatic carbocycles. The van der Waals surface area contributed by atoms with Crippen molar-refractivity contribution in [2.45, 2.75) is 93.2 Å². The summed E-state index contributed by atoms with van der Waals surface area (Å²) in [6.07, 6.45) is 11.7. The van der Waals surface area contributed by atoms with E-state index in [0.717, 1.165) is 32.1 Å². The molecule has 0 aromatic heterocycles. The summed E-state index contributed by atoms with van der Waals surface area (Å²) >= 11 is 7.39. The summed E-state index contributed by atoms with van der Waals surface area (Å²) in [4.78, 5) is 0.585. The molecule has 2 nitrogen and oxygen atoms in total. The first-order valence-electron chi connectivity index (χ1n) is 9.02. The van der Waals surface area contributed by atoms with Gasteiger partial charge in [0.1, 0.15) is 0 Å². The average molecular weight is 464 g/mol. The molecule has 1 saturated heterocycles. The minimum Gasteiger partial charge on any atom is -0.389 e. The van der Waals surface area contributed by atoms with Gasteiger partial charge in [0.05, 0.1) is 16.8 Å². The Morgan fingerprint density at radius 3 is 2.33 bits per heavy atom. The molecule has 1 N–H and O–H groups in total. The lowest BCUT2D eigenvalue weighted by Crippen LogP contribution is -2.48. The normalized spacial score (nSPS) is 44.0. The zero-order valence-corrected chi connectivity index (χ0v) is 18.8. The van der Waals surface area contributed by atoms with Gasteiger partial charge in [-0.1, -0.05) is 55.7 Å². The molecule has 2 rings (SSSR count). The molecule has 1 aliphatic heterocycles. The van der Waals surface area contributed by atoms with Crippen LogP contribution in [0.25, 0.3) is 0 Å². The van der Waals surface area contributed by atoms with Crippen LogP contribution in [0.1, 0.15) is 66.7 Å². The molecule has 0 aromatic carbocycles. The van der Waals surface area contributed by atoms with Gasteiger partial charge in [0.25, 0.3) is 0 Å². The van der Waals surface area contributed by atoms with Crippen LogP contribution in [0, 0.1) is 5.92 Å². The standard InChI is InChI=1S/C20H32Br2O2/c1-14(15-8-12-20(5,23)17(22)13-15)7-6-10-19(4)11-9-16(21)18(2,3)24-19/h6-7,10,15-17,23H,8-9,11-13H2,1-5H3/b10-6?,14-7+/t15-,16+,17-,19+,20+/m0/s1. The van der Waals surface area contributed by atoms with Crippen LogP contribution in [0.5, 0.6) is 0 Å².